The van der Waals surface area contributed by atoms with Gasteiger partial charge >= 0.3 is 0 Å². The van der Waals surface area contributed by atoms with Crippen LogP contribution in [0, 0.1) is 0 Å². The van der Waals surface area contributed by atoms with Crippen molar-refractivity contribution in [1.82, 2.24) is 14.4 Å². The lowest BCUT2D eigenvalue weighted by Crippen LogP contribution is -2.25. The van der Waals surface area contributed by atoms with E-state index in [1.165, 1.54) is 11.1 Å². The highest BCUT2D eigenvalue weighted by molar-refractivity contribution is 5.51. The summed E-state index contributed by atoms with van der Waals surface area (Å²) in [4.78, 5) is 11.1. The average Bonchev–Trinajstić information content (AvgIpc) is 3.23. The van der Waals surface area contributed by atoms with Gasteiger partial charge in [0, 0.05) is 19.3 Å². The number of hydrogen-bond donors (Lipinski definition) is 0. The maximum absolute atomic E-state index is 5.27. The Kier molecular flexibility index (Phi) is 5.10. The standard InChI is InChI=1S/C22H22N4O2/c1-27-20-7-3-17(4-8-20)14-25(15-18-5-9-21(28-2)10-6-18)22-24-12-11-19-13-23-16-26(19)22/h3-13,16H,14-15H2,1-2H3. The van der Waals surface area contributed by atoms with Gasteiger partial charge in [-0.25, -0.2) is 9.97 Å². The zero-order chi connectivity index (χ0) is 19.3. The number of ether oxygens (including phenoxy) is 2. The molecule has 2 heterocycles. The third-order valence-corrected chi connectivity index (χ3v) is 4.67. The number of aromatic nitrogens is 3. The highest BCUT2D eigenvalue weighted by Gasteiger charge is 2.14. The van der Waals surface area contributed by atoms with Gasteiger partial charge in [0.1, 0.15) is 17.8 Å². The summed E-state index contributed by atoms with van der Waals surface area (Å²) >= 11 is 0. The molecule has 0 spiro atoms. The van der Waals surface area contributed by atoms with Gasteiger partial charge < -0.3 is 14.4 Å². The van der Waals surface area contributed by atoms with Gasteiger partial charge in [0.15, 0.2) is 0 Å². The second-order valence-electron chi connectivity index (χ2n) is 6.49. The van der Waals surface area contributed by atoms with E-state index < -0.39 is 0 Å². The summed E-state index contributed by atoms with van der Waals surface area (Å²) < 4.78 is 12.6. The van der Waals surface area contributed by atoms with Crippen LogP contribution < -0.4 is 14.4 Å². The Labute approximate surface area is 164 Å². The fourth-order valence-corrected chi connectivity index (χ4v) is 3.17. The van der Waals surface area contributed by atoms with Crippen LogP contribution in [-0.2, 0) is 13.1 Å². The molecule has 0 radical (unpaired) electrons. The molecule has 4 aromatic rings. The van der Waals surface area contributed by atoms with Crippen LogP contribution in [0.1, 0.15) is 11.1 Å². The summed E-state index contributed by atoms with van der Waals surface area (Å²) in [5.74, 6) is 2.54. The molecule has 0 aliphatic rings. The first-order chi connectivity index (χ1) is 13.8. The van der Waals surface area contributed by atoms with Crippen LogP contribution in [0.15, 0.2) is 73.3 Å². The molecule has 4 rings (SSSR count). The lowest BCUT2D eigenvalue weighted by Gasteiger charge is -2.25. The van der Waals surface area contributed by atoms with E-state index in [4.69, 9.17) is 9.47 Å². The van der Waals surface area contributed by atoms with E-state index >= 15 is 0 Å². The molecule has 0 bridgehead atoms. The Hall–Kier alpha value is -3.54. The van der Waals surface area contributed by atoms with E-state index in [1.54, 1.807) is 20.5 Å². The first-order valence-corrected chi connectivity index (χ1v) is 9.04. The lowest BCUT2D eigenvalue weighted by molar-refractivity contribution is 0.414. The first kappa shape index (κ1) is 17.9. The van der Waals surface area contributed by atoms with Crippen LogP contribution in [0.5, 0.6) is 11.5 Å². The van der Waals surface area contributed by atoms with Gasteiger partial charge in [-0.1, -0.05) is 24.3 Å². The van der Waals surface area contributed by atoms with Crippen LogP contribution in [0.3, 0.4) is 0 Å². The topological polar surface area (TPSA) is 51.9 Å². The van der Waals surface area contributed by atoms with Crippen LogP contribution in [0.2, 0.25) is 0 Å². The average molecular weight is 374 g/mol. The predicted octanol–water partition coefficient (Wildman–Crippen LogP) is 3.95. The van der Waals surface area contributed by atoms with Gasteiger partial charge in [0.2, 0.25) is 5.95 Å². The number of nitrogens with zero attached hydrogens (tertiary/aromatic N) is 4. The van der Waals surface area contributed by atoms with Crippen molar-refractivity contribution >= 4 is 11.5 Å². The number of fused-ring (bicyclic) bond motifs is 1. The lowest BCUT2D eigenvalue weighted by atomic mass is 10.1. The van der Waals surface area contributed by atoms with E-state index in [0.29, 0.717) is 13.1 Å². The van der Waals surface area contributed by atoms with Gasteiger partial charge in [-0.2, -0.15) is 0 Å². The summed E-state index contributed by atoms with van der Waals surface area (Å²) in [6, 6.07) is 18.2. The zero-order valence-corrected chi connectivity index (χ0v) is 15.9. The molecule has 0 fully saturated rings. The van der Waals surface area contributed by atoms with E-state index in [-0.39, 0.29) is 0 Å². The largest absolute Gasteiger partial charge is 0.497 e. The fourth-order valence-electron chi connectivity index (χ4n) is 3.17. The number of imidazole rings is 1. The molecule has 6 nitrogen and oxygen atoms in total. The molecule has 0 aliphatic heterocycles. The van der Waals surface area contributed by atoms with Crippen molar-refractivity contribution < 1.29 is 9.47 Å². The zero-order valence-electron chi connectivity index (χ0n) is 15.9. The Morgan fingerprint density at radius 1 is 0.821 bits per heavy atom. The fraction of sp³-hybridized carbons (Fsp3) is 0.182. The third kappa shape index (κ3) is 3.76. The Balaban J connectivity index is 1.67. The second-order valence-corrected chi connectivity index (χ2v) is 6.49. The minimum absolute atomic E-state index is 0.709. The molecule has 0 unspecified atom stereocenters. The highest BCUT2D eigenvalue weighted by Crippen LogP contribution is 2.22. The minimum Gasteiger partial charge on any atom is -0.497 e. The van der Waals surface area contributed by atoms with Crippen LogP contribution in [0.25, 0.3) is 5.52 Å². The molecule has 0 atom stereocenters. The van der Waals surface area contributed by atoms with Gasteiger partial charge in [0.05, 0.1) is 25.9 Å². The van der Waals surface area contributed by atoms with Gasteiger partial charge in [-0.05, 0) is 41.5 Å². The van der Waals surface area contributed by atoms with E-state index in [1.807, 2.05) is 47.1 Å². The predicted molar refractivity (Wildman–Crippen MR) is 109 cm³/mol. The Morgan fingerprint density at radius 2 is 1.39 bits per heavy atom. The van der Waals surface area contributed by atoms with Crippen molar-refractivity contribution in [2.75, 3.05) is 19.1 Å². The van der Waals surface area contributed by atoms with Crippen molar-refractivity contribution in [3.63, 3.8) is 0 Å². The molecular weight excluding hydrogens is 352 g/mol. The molecule has 0 amide bonds. The summed E-state index contributed by atoms with van der Waals surface area (Å²) in [5, 5.41) is 0. The van der Waals surface area contributed by atoms with Crippen molar-refractivity contribution in [2.45, 2.75) is 13.1 Å². The highest BCUT2D eigenvalue weighted by atomic mass is 16.5. The maximum atomic E-state index is 5.27. The Morgan fingerprint density at radius 3 is 1.93 bits per heavy atom. The SMILES string of the molecule is COc1ccc(CN(Cc2ccc(OC)cc2)c2nccc3cncn23)cc1. The summed E-state index contributed by atoms with van der Waals surface area (Å²) in [5.41, 5.74) is 3.36. The summed E-state index contributed by atoms with van der Waals surface area (Å²) in [6.45, 7) is 1.42. The van der Waals surface area contributed by atoms with E-state index in [9.17, 15) is 0 Å². The molecule has 28 heavy (non-hydrogen) atoms. The quantitative estimate of drug-likeness (QED) is 0.490. The summed E-state index contributed by atoms with van der Waals surface area (Å²) in [7, 11) is 3.35. The molecule has 0 N–H and O–H groups in total. The number of benzene rings is 2. The molecule has 142 valence electrons. The molecule has 2 aromatic heterocycles. The molecule has 2 aromatic carbocycles. The van der Waals surface area contributed by atoms with Crippen LogP contribution >= 0.6 is 0 Å². The van der Waals surface area contributed by atoms with Crippen molar-refractivity contribution in [2.24, 2.45) is 0 Å². The molecule has 0 aliphatic carbocycles. The number of anilines is 1. The van der Waals surface area contributed by atoms with E-state index in [0.717, 1.165) is 23.0 Å². The monoisotopic (exact) mass is 374 g/mol. The molecular formula is C22H22N4O2. The molecule has 0 saturated carbocycles. The van der Waals surface area contributed by atoms with Crippen molar-refractivity contribution in [3.8, 4) is 11.5 Å². The third-order valence-electron chi connectivity index (χ3n) is 4.67. The van der Waals surface area contributed by atoms with Gasteiger partial charge in [-0.15, -0.1) is 0 Å². The number of methoxy groups -OCH3 is 2. The van der Waals surface area contributed by atoms with Crippen LogP contribution in [-0.4, -0.2) is 28.6 Å². The van der Waals surface area contributed by atoms with Crippen molar-refractivity contribution in [1.29, 1.82) is 0 Å². The van der Waals surface area contributed by atoms with Gasteiger partial charge in [0.25, 0.3) is 0 Å². The van der Waals surface area contributed by atoms with E-state index in [2.05, 4.69) is 39.1 Å². The smallest absolute Gasteiger partial charge is 0.211 e. The molecule has 0 saturated heterocycles. The number of rotatable bonds is 7. The van der Waals surface area contributed by atoms with Crippen LogP contribution in [0.4, 0.5) is 5.95 Å². The summed E-state index contributed by atoms with van der Waals surface area (Å²) in [6.07, 6.45) is 5.46. The normalized spacial score (nSPS) is 10.8. The molecule has 6 heteroatoms. The van der Waals surface area contributed by atoms with Crippen molar-refractivity contribution in [3.05, 3.63) is 84.4 Å². The number of hydrogen-bond acceptors (Lipinski definition) is 5. The maximum Gasteiger partial charge on any atom is 0.211 e. The Bertz CT molecular complexity index is 993. The second kappa shape index (κ2) is 8.00. The minimum atomic E-state index is 0.709. The van der Waals surface area contributed by atoms with Gasteiger partial charge in [-0.3, -0.25) is 4.40 Å². The first-order valence-electron chi connectivity index (χ1n) is 9.04.